The first-order valence-corrected chi connectivity index (χ1v) is 7.23. The minimum Gasteiger partial charge on any atom is -0.365 e. The molecule has 0 bridgehead atoms. The maximum atomic E-state index is 5.67. The zero-order valence-electron chi connectivity index (χ0n) is 10.6. The molecule has 94 valence electrons. The number of hydrogen-bond donors (Lipinski definition) is 1. The van der Waals surface area contributed by atoms with Crippen LogP contribution in [0.2, 0.25) is 0 Å². The van der Waals surface area contributed by atoms with Crippen molar-refractivity contribution >= 4 is 21.6 Å². The fourth-order valence-electron chi connectivity index (χ4n) is 2.79. The third-order valence-electron chi connectivity index (χ3n) is 3.78. The zero-order valence-corrected chi connectivity index (χ0v) is 12.2. The van der Waals surface area contributed by atoms with Crippen molar-refractivity contribution in [1.29, 1.82) is 0 Å². The number of rotatable bonds is 3. The summed E-state index contributed by atoms with van der Waals surface area (Å²) in [5, 5.41) is 0. The Balaban J connectivity index is 2.32. The van der Waals surface area contributed by atoms with Crippen molar-refractivity contribution in [3.8, 4) is 0 Å². The molecule has 2 nitrogen and oxygen atoms in total. The van der Waals surface area contributed by atoms with Crippen molar-refractivity contribution in [1.82, 2.24) is 0 Å². The summed E-state index contributed by atoms with van der Waals surface area (Å²) in [6.45, 7) is 5.20. The van der Waals surface area contributed by atoms with Crippen molar-refractivity contribution in [2.75, 3.05) is 4.90 Å². The lowest BCUT2D eigenvalue weighted by Gasteiger charge is -2.31. The fourth-order valence-corrected chi connectivity index (χ4v) is 3.42. The van der Waals surface area contributed by atoms with Crippen LogP contribution in [0.1, 0.15) is 38.7 Å². The van der Waals surface area contributed by atoms with Crippen molar-refractivity contribution in [3.05, 3.63) is 28.2 Å². The molecule has 0 saturated carbocycles. The van der Waals surface area contributed by atoms with Gasteiger partial charge in [-0.15, -0.1) is 0 Å². The molecular weight excluding hydrogens is 276 g/mol. The van der Waals surface area contributed by atoms with E-state index in [-0.39, 0.29) is 0 Å². The van der Waals surface area contributed by atoms with Crippen molar-refractivity contribution in [3.63, 3.8) is 0 Å². The normalized spacial score (nSPS) is 24.4. The maximum Gasteiger partial charge on any atom is 0.0515 e. The molecule has 1 aromatic carbocycles. The van der Waals surface area contributed by atoms with E-state index in [1.165, 1.54) is 35.0 Å². The van der Waals surface area contributed by atoms with E-state index in [0.717, 1.165) is 0 Å². The number of nitrogens with zero attached hydrogens (tertiary/aromatic N) is 1. The average molecular weight is 297 g/mol. The Bertz CT molecular complexity index is 392. The van der Waals surface area contributed by atoms with E-state index in [4.69, 9.17) is 5.73 Å². The molecule has 0 aliphatic carbocycles. The van der Waals surface area contributed by atoms with Crippen molar-refractivity contribution in [2.45, 2.75) is 51.7 Å². The van der Waals surface area contributed by atoms with Crippen LogP contribution in [0, 0.1) is 0 Å². The first-order valence-electron chi connectivity index (χ1n) is 6.44. The summed E-state index contributed by atoms with van der Waals surface area (Å²) in [5.74, 6) is 0. The van der Waals surface area contributed by atoms with Gasteiger partial charge in [0.25, 0.3) is 0 Å². The molecule has 2 atom stereocenters. The summed E-state index contributed by atoms with van der Waals surface area (Å²) in [4.78, 5) is 2.56. The topological polar surface area (TPSA) is 29.3 Å². The van der Waals surface area contributed by atoms with Gasteiger partial charge in [-0.3, -0.25) is 0 Å². The quantitative estimate of drug-likeness (QED) is 0.922. The molecule has 0 spiro atoms. The first kappa shape index (κ1) is 12.9. The van der Waals surface area contributed by atoms with E-state index in [0.29, 0.717) is 18.6 Å². The van der Waals surface area contributed by atoms with Gasteiger partial charge in [-0.05, 0) is 59.8 Å². The van der Waals surface area contributed by atoms with E-state index < -0.39 is 0 Å². The number of halogens is 1. The van der Waals surface area contributed by atoms with E-state index in [2.05, 4.69) is 52.9 Å². The van der Waals surface area contributed by atoms with Gasteiger partial charge in [-0.2, -0.15) is 0 Å². The Morgan fingerprint density at radius 2 is 2.18 bits per heavy atom. The molecule has 2 unspecified atom stereocenters. The van der Waals surface area contributed by atoms with Crippen LogP contribution in [-0.2, 0) is 6.54 Å². The van der Waals surface area contributed by atoms with Gasteiger partial charge in [0.2, 0.25) is 0 Å². The molecule has 0 amide bonds. The monoisotopic (exact) mass is 296 g/mol. The Labute approximate surface area is 112 Å². The van der Waals surface area contributed by atoms with Gasteiger partial charge in [0.05, 0.1) is 5.69 Å². The highest BCUT2D eigenvalue weighted by Crippen LogP contribution is 2.36. The molecule has 17 heavy (non-hydrogen) atoms. The molecule has 1 saturated heterocycles. The Kier molecular flexibility index (Phi) is 4.10. The standard InChI is InChI=1S/C14H21BrN2/c1-3-12-6-4-10(2)17(12)14-7-5-11(9-16)8-13(14)15/h5,7-8,10,12H,3-4,6,9,16H2,1-2H3. The van der Waals surface area contributed by atoms with E-state index >= 15 is 0 Å². The molecule has 2 rings (SSSR count). The van der Waals surface area contributed by atoms with Gasteiger partial charge in [0.15, 0.2) is 0 Å². The average Bonchev–Trinajstić information content (AvgIpc) is 2.70. The zero-order chi connectivity index (χ0) is 12.4. The second-order valence-corrected chi connectivity index (χ2v) is 5.74. The van der Waals surface area contributed by atoms with Crippen LogP contribution in [-0.4, -0.2) is 12.1 Å². The van der Waals surface area contributed by atoms with Crippen LogP contribution in [0.25, 0.3) is 0 Å². The predicted octanol–water partition coefficient (Wildman–Crippen LogP) is 3.68. The summed E-state index contributed by atoms with van der Waals surface area (Å²) in [7, 11) is 0. The third-order valence-corrected chi connectivity index (χ3v) is 4.42. The highest BCUT2D eigenvalue weighted by atomic mass is 79.9. The van der Waals surface area contributed by atoms with Crippen LogP contribution < -0.4 is 10.6 Å². The summed E-state index contributed by atoms with van der Waals surface area (Å²) in [6.07, 6.45) is 3.82. The second kappa shape index (κ2) is 5.40. The molecule has 3 heteroatoms. The highest BCUT2D eigenvalue weighted by Gasteiger charge is 2.30. The second-order valence-electron chi connectivity index (χ2n) is 4.89. The van der Waals surface area contributed by atoms with Gasteiger partial charge < -0.3 is 10.6 Å². The lowest BCUT2D eigenvalue weighted by atomic mass is 10.1. The number of hydrogen-bond acceptors (Lipinski definition) is 2. The number of anilines is 1. The predicted molar refractivity (Wildman–Crippen MR) is 77.3 cm³/mol. The maximum absolute atomic E-state index is 5.67. The molecule has 0 aromatic heterocycles. The summed E-state index contributed by atoms with van der Waals surface area (Å²) >= 11 is 3.68. The molecule has 2 N–H and O–H groups in total. The van der Waals surface area contributed by atoms with Gasteiger partial charge in [0.1, 0.15) is 0 Å². The van der Waals surface area contributed by atoms with Crippen LogP contribution in [0.15, 0.2) is 22.7 Å². The fraction of sp³-hybridized carbons (Fsp3) is 0.571. The van der Waals surface area contributed by atoms with Crippen molar-refractivity contribution in [2.24, 2.45) is 5.73 Å². The van der Waals surface area contributed by atoms with Gasteiger partial charge in [-0.1, -0.05) is 13.0 Å². The Morgan fingerprint density at radius 3 is 2.76 bits per heavy atom. The van der Waals surface area contributed by atoms with Crippen molar-refractivity contribution < 1.29 is 0 Å². The number of benzene rings is 1. The first-order chi connectivity index (χ1) is 8.17. The lowest BCUT2D eigenvalue weighted by Crippen LogP contribution is -2.34. The minimum absolute atomic E-state index is 0.603. The third kappa shape index (κ3) is 2.50. The lowest BCUT2D eigenvalue weighted by molar-refractivity contribution is 0.627. The van der Waals surface area contributed by atoms with Crippen LogP contribution in [0.3, 0.4) is 0 Å². The van der Waals surface area contributed by atoms with Gasteiger partial charge >= 0.3 is 0 Å². The van der Waals surface area contributed by atoms with Gasteiger partial charge in [-0.25, -0.2) is 0 Å². The largest absolute Gasteiger partial charge is 0.365 e. The molecule has 1 aliphatic heterocycles. The molecule has 1 fully saturated rings. The number of nitrogens with two attached hydrogens (primary N) is 1. The molecular formula is C14H21BrN2. The SMILES string of the molecule is CCC1CCC(C)N1c1ccc(CN)cc1Br. The molecule has 1 aromatic rings. The Morgan fingerprint density at radius 1 is 1.41 bits per heavy atom. The van der Waals surface area contributed by atoms with E-state index in [1.807, 2.05) is 0 Å². The Hall–Kier alpha value is -0.540. The summed E-state index contributed by atoms with van der Waals surface area (Å²) in [6, 6.07) is 7.81. The minimum atomic E-state index is 0.603. The van der Waals surface area contributed by atoms with Crippen LogP contribution in [0.5, 0.6) is 0 Å². The summed E-state index contributed by atoms with van der Waals surface area (Å²) in [5.41, 5.74) is 8.17. The smallest absolute Gasteiger partial charge is 0.0515 e. The van der Waals surface area contributed by atoms with Gasteiger partial charge in [0, 0.05) is 23.1 Å². The summed E-state index contributed by atoms with van der Waals surface area (Å²) < 4.78 is 1.17. The van der Waals surface area contributed by atoms with E-state index in [9.17, 15) is 0 Å². The highest BCUT2D eigenvalue weighted by molar-refractivity contribution is 9.10. The molecule has 0 radical (unpaired) electrons. The molecule has 1 aliphatic rings. The van der Waals surface area contributed by atoms with E-state index in [1.54, 1.807) is 0 Å². The van der Waals surface area contributed by atoms with Crippen LogP contribution >= 0.6 is 15.9 Å². The van der Waals surface area contributed by atoms with Crippen LogP contribution in [0.4, 0.5) is 5.69 Å². The molecule has 1 heterocycles.